The normalized spacial score (nSPS) is 14.2. The lowest BCUT2D eigenvalue weighted by Crippen LogP contribution is -2.53. The van der Waals surface area contributed by atoms with Gasteiger partial charge in [0.2, 0.25) is 0 Å². The van der Waals surface area contributed by atoms with Crippen LogP contribution < -0.4 is 10.1 Å². The molecule has 2 aromatic rings. The van der Waals surface area contributed by atoms with E-state index in [1.165, 1.54) is 26.0 Å². The molecule has 0 saturated heterocycles. The van der Waals surface area contributed by atoms with Gasteiger partial charge in [0.25, 0.3) is 5.91 Å². The monoisotopic (exact) mass is 345 g/mol. The van der Waals surface area contributed by atoms with E-state index in [-0.39, 0.29) is 5.56 Å². The van der Waals surface area contributed by atoms with E-state index in [9.17, 15) is 19.1 Å². The molecular formula is C19H20FNO4. The van der Waals surface area contributed by atoms with E-state index >= 15 is 0 Å². The Bertz CT molecular complexity index is 758. The summed E-state index contributed by atoms with van der Waals surface area (Å²) in [7, 11) is 0. The van der Waals surface area contributed by atoms with Gasteiger partial charge in [-0.15, -0.1) is 0 Å². The highest BCUT2D eigenvalue weighted by Crippen LogP contribution is 2.22. The molecule has 25 heavy (non-hydrogen) atoms. The van der Waals surface area contributed by atoms with Crippen LogP contribution >= 0.6 is 0 Å². The molecule has 0 aliphatic carbocycles. The number of carboxylic acids is 1. The first-order valence-corrected chi connectivity index (χ1v) is 7.77. The summed E-state index contributed by atoms with van der Waals surface area (Å²) < 4.78 is 18.6. The first-order chi connectivity index (χ1) is 11.7. The lowest BCUT2D eigenvalue weighted by Gasteiger charge is -2.28. The van der Waals surface area contributed by atoms with Gasteiger partial charge in [-0.1, -0.05) is 29.8 Å². The number of nitrogens with one attached hydrogen (secondary N) is 1. The maximum atomic E-state index is 13.1. The summed E-state index contributed by atoms with van der Waals surface area (Å²) in [6.45, 7) is 4.81. The second-order valence-electron chi connectivity index (χ2n) is 6.00. The molecule has 5 nitrogen and oxygen atoms in total. The van der Waals surface area contributed by atoms with Crippen LogP contribution in [0, 0.1) is 12.7 Å². The van der Waals surface area contributed by atoms with Crippen LogP contribution in [0.25, 0.3) is 0 Å². The van der Waals surface area contributed by atoms with Crippen molar-refractivity contribution in [3.63, 3.8) is 0 Å². The fraction of sp³-hybridized carbons (Fsp3) is 0.263. The average molecular weight is 345 g/mol. The van der Waals surface area contributed by atoms with E-state index < -0.39 is 29.3 Å². The molecule has 2 aromatic carbocycles. The van der Waals surface area contributed by atoms with Gasteiger partial charge in [-0.2, -0.15) is 0 Å². The minimum atomic E-state index is -1.70. The van der Waals surface area contributed by atoms with Crippen molar-refractivity contribution < 1.29 is 23.8 Å². The van der Waals surface area contributed by atoms with Crippen molar-refractivity contribution in [3.8, 4) is 5.75 Å². The van der Waals surface area contributed by atoms with Gasteiger partial charge in [-0.05, 0) is 50.6 Å². The molecule has 0 aromatic heterocycles. The zero-order valence-electron chi connectivity index (χ0n) is 14.2. The summed E-state index contributed by atoms with van der Waals surface area (Å²) in [5.74, 6) is -1.82. The van der Waals surface area contributed by atoms with Gasteiger partial charge in [0.1, 0.15) is 11.6 Å². The van der Waals surface area contributed by atoms with Crippen LogP contribution in [0.1, 0.15) is 25.0 Å². The number of rotatable bonds is 6. The van der Waals surface area contributed by atoms with Gasteiger partial charge in [-0.3, -0.25) is 4.79 Å². The molecule has 0 radical (unpaired) electrons. The summed E-state index contributed by atoms with van der Waals surface area (Å²) in [5, 5.41) is 12.0. The van der Waals surface area contributed by atoms with Crippen molar-refractivity contribution in [2.45, 2.75) is 32.4 Å². The molecule has 0 fully saturated rings. The second-order valence-corrected chi connectivity index (χ2v) is 6.00. The quantitative estimate of drug-likeness (QED) is 0.844. The van der Waals surface area contributed by atoms with Crippen molar-refractivity contribution in [3.05, 3.63) is 65.5 Å². The van der Waals surface area contributed by atoms with E-state index in [4.69, 9.17) is 4.74 Å². The summed E-state index contributed by atoms with van der Waals surface area (Å²) in [6.07, 6.45) is -0.901. The third-order valence-corrected chi connectivity index (χ3v) is 3.93. The number of ether oxygens (including phenoxy) is 1. The summed E-state index contributed by atoms with van der Waals surface area (Å²) >= 11 is 0. The van der Waals surface area contributed by atoms with Crippen LogP contribution in [0.4, 0.5) is 4.39 Å². The molecule has 6 heteroatoms. The SMILES string of the molecule is Cc1ccc(OC(C)C(=O)NC(C)(C(=O)O)c2ccc(F)cc2)cc1. The third kappa shape index (κ3) is 4.35. The molecule has 2 rings (SSSR count). The molecule has 2 unspecified atom stereocenters. The van der Waals surface area contributed by atoms with Gasteiger partial charge >= 0.3 is 5.97 Å². The fourth-order valence-corrected chi connectivity index (χ4v) is 2.25. The van der Waals surface area contributed by atoms with Crippen LogP contribution in [0.15, 0.2) is 48.5 Å². The molecule has 0 bridgehead atoms. The minimum absolute atomic E-state index is 0.261. The Balaban J connectivity index is 2.15. The van der Waals surface area contributed by atoms with E-state index in [0.717, 1.165) is 17.7 Å². The molecule has 0 aliphatic heterocycles. The number of benzene rings is 2. The first kappa shape index (κ1) is 18.4. The molecule has 0 aliphatic rings. The lowest BCUT2D eigenvalue weighted by molar-refractivity contribution is -0.148. The highest BCUT2D eigenvalue weighted by molar-refractivity contribution is 5.89. The number of carboxylic acid groups (broad SMARTS) is 1. The number of carbonyl (C=O) groups is 2. The van der Waals surface area contributed by atoms with Crippen LogP contribution in [0.5, 0.6) is 5.75 Å². The topological polar surface area (TPSA) is 75.6 Å². The van der Waals surface area contributed by atoms with Crippen LogP contribution in [-0.4, -0.2) is 23.1 Å². The van der Waals surface area contributed by atoms with Crippen LogP contribution in [0.3, 0.4) is 0 Å². The molecule has 1 amide bonds. The van der Waals surface area contributed by atoms with Crippen molar-refractivity contribution in [2.24, 2.45) is 0 Å². The van der Waals surface area contributed by atoms with Gasteiger partial charge < -0.3 is 15.2 Å². The summed E-state index contributed by atoms with van der Waals surface area (Å²) in [5.41, 5.74) is -0.383. The van der Waals surface area contributed by atoms with Crippen molar-refractivity contribution in [1.29, 1.82) is 0 Å². The summed E-state index contributed by atoms with van der Waals surface area (Å²) in [4.78, 5) is 24.1. The Morgan fingerprint density at radius 2 is 1.68 bits per heavy atom. The summed E-state index contributed by atoms with van der Waals surface area (Å²) in [6, 6.07) is 12.1. The maximum absolute atomic E-state index is 13.1. The number of aliphatic carboxylic acids is 1. The number of halogens is 1. The number of aryl methyl sites for hydroxylation is 1. The Labute approximate surface area is 145 Å². The van der Waals surface area contributed by atoms with E-state index in [2.05, 4.69) is 5.32 Å². The van der Waals surface area contributed by atoms with E-state index in [1.807, 2.05) is 19.1 Å². The fourth-order valence-electron chi connectivity index (χ4n) is 2.25. The van der Waals surface area contributed by atoms with Gasteiger partial charge in [0, 0.05) is 0 Å². The minimum Gasteiger partial charge on any atom is -0.481 e. The van der Waals surface area contributed by atoms with E-state index in [1.54, 1.807) is 12.1 Å². The molecule has 0 spiro atoms. The standard InChI is InChI=1S/C19H20FNO4/c1-12-4-10-16(11-5-12)25-13(2)17(22)21-19(3,18(23)24)14-6-8-15(20)9-7-14/h4-11,13H,1-3H3,(H,21,22)(H,23,24). The molecule has 0 heterocycles. The Kier molecular flexibility index (Phi) is 5.41. The van der Waals surface area contributed by atoms with Crippen molar-refractivity contribution >= 4 is 11.9 Å². The number of carbonyl (C=O) groups excluding carboxylic acids is 1. The Morgan fingerprint density at radius 3 is 2.20 bits per heavy atom. The molecule has 132 valence electrons. The van der Waals surface area contributed by atoms with Crippen LogP contribution in [-0.2, 0) is 15.1 Å². The predicted octanol–water partition coefficient (Wildman–Crippen LogP) is 3.02. The van der Waals surface area contributed by atoms with Gasteiger partial charge in [0.05, 0.1) is 0 Å². The second kappa shape index (κ2) is 7.34. The number of amides is 1. The zero-order valence-corrected chi connectivity index (χ0v) is 14.2. The Hall–Kier alpha value is -2.89. The first-order valence-electron chi connectivity index (χ1n) is 7.77. The van der Waals surface area contributed by atoms with Gasteiger partial charge in [-0.25, -0.2) is 9.18 Å². The number of hydrogen-bond donors (Lipinski definition) is 2. The highest BCUT2D eigenvalue weighted by atomic mass is 19.1. The van der Waals surface area contributed by atoms with Crippen molar-refractivity contribution in [1.82, 2.24) is 5.32 Å². The van der Waals surface area contributed by atoms with Gasteiger partial charge in [0.15, 0.2) is 11.6 Å². The molecular weight excluding hydrogens is 325 g/mol. The largest absolute Gasteiger partial charge is 0.481 e. The average Bonchev–Trinajstić information content (AvgIpc) is 2.57. The highest BCUT2D eigenvalue weighted by Gasteiger charge is 2.38. The van der Waals surface area contributed by atoms with Crippen LogP contribution in [0.2, 0.25) is 0 Å². The zero-order chi connectivity index (χ0) is 18.6. The van der Waals surface area contributed by atoms with Crippen molar-refractivity contribution in [2.75, 3.05) is 0 Å². The third-order valence-electron chi connectivity index (χ3n) is 3.93. The lowest BCUT2D eigenvalue weighted by atomic mass is 9.91. The molecule has 2 N–H and O–H groups in total. The molecule has 2 atom stereocenters. The maximum Gasteiger partial charge on any atom is 0.333 e. The number of hydrogen-bond acceptors (Lipinski definition) is 3. The van der Waals surface area contributed by atoms with E-state index in [0.29, 0.717) is 5.75 Å². The predicted molar refractivity (Wildman–Crippen MR) is 90.8 cm³/mol. The molecule has 0 saturated carbocycles. The Morgan fingerprint density at radius 1 is 1.12 bits per heavy atom. The smallest absolute Gasteiger partial charge is 0.333 e.